The average Bonchev–Trinajstić information content (AvgIpc) is 1.83. The smallest absolute Gasteiger partial charge is 0.0105 e. The fraction of sp³-hybridized carbons (Fsp3) is 1.00. The lowest BCUT2D eigenvalue weighted by Gasteiger charge is -2.46. The van der Waals surface area contributed by atoms with Gasteiger partial charge in [0.15, 0.2) is 0 Å². The molecular formula is C7H15N. The highest BCUT2D eigenvalue weighted by Gasteiger charge is 2.36. The monoisotopic (exact) mass is 113 g/mol. The van der Waals surface area contributed by atoms with Crippen molar-refractivity contribution in [3.63, 3.8) is 0 Å². The second kappa shape index (κ2) is 1.73. The van der Waals surface area contributed by atoms with Gasteiger partial charge in [0.2, 0.25) is 0 Å². The van der Waals surface area contributed by atoms with Gasteiger partial charge >= 0.3 is 0 Å². The number of hydrogen-bond donors (Lipinski definition) is 1. The van der Waals surface area contributed by atoms with Crippen molar-refractivity contribution < 1.29 is 0 Å². The van der Waals surface area contributed by atoms with E-state index in [1.165, 1.54) is 13.0 Å². The highest BCUT2D eigenvalue weighted by Crippen LogP contribution is 2.31. The van der Waals surface area contributed by atoms with E-state index >= 15 is 0 Å². The molecule has 1 aliphatic heterocycles. The van der Waals surface area contributed by atoms with Crippen LogP contribution in [0.4, 0.5) is 0 Å². The normalized spacial score (nSPS) is 46.1. The van der Waals surface area contributed by atoms with Gasteiger partial charge in [-0.3, -0.25) is 0 Å². The first-order chi connectivity index (χ1) is 3.69. The molecule has 0 saturated carbocycles. The standard InChI is InChI=1S/C7H15N/c1-4-7(3)5-8-6(7)2/h6,8H,4-5H2,1-3H3. The Balaban J connectivity index is 2.42. The first kappa shape index (κ1) is 6.09. The number of hydrogen-bond acceptors (Lipinski definition) is 1. The van der Waals surface area contributed by atoms with Crippen molar-refractivity contribution in [1.82, 2.24) is 5.32 Å². The Kier molecular flexibility index (Phi) is 1.31. The molecule has 48 valence electrons. The predicted molar refractivity (Wildman–Crippen MR) is 35.9 cm³/mol. The molecule has 8 heavy (non-hydrogen) atoms. The van der Waals surface area contributed by atoms with Gasteiger partial charge in [-0.05, 0) is 18.8 Å². The Bertz CT molecular complexity index is 86.4. The Labute approximate surface area is 51.5 Å². The minimum Gasteiger partial charge on any atom is -0.313 e. The molecule has 0 aromatic carbocycles. The van der Waals surface area contributed by atoms with Crippen LogP contribution < -0.4 is 5.32 Å². The molecule has 0 aliphatic carbocycles. The van der Waals surface area contributed by atoms with E-state index in [2.05, 4.69) is 26.1 Å². The van der Waals surface area contributed by atoms with Gasteiger partial charge in [-0.25, -0.2) is 0 Å². The van der Waals surface area contributed by atoms with Gasteiger partial charge in [0.1, 0.15) is 0 Å². The van der Waals surface area contributed by atoms with Crippen LogP contribution in [0, 0.1) is 5.41 Å². The summed E-state index contributed by atoms with van der Waals surface area (Å²) in [6.45, 7) is 8.07. The molecule has 0 radical (unpaired) electrons. The van der Waals surface area contributed by atoms with Gasteiger partial charge in [-0.2, -0.15) is 0 Å². The van der Waals surface area contributed by atoms with Crippen molar-refractivity contribution in [2.45, 2.75) is 33.2 Å². The Morgan fingerprint density at radius 1 is 1.75 bits per heavy atom. The molecule has 1 N–H and O–H groups in total. The van der Waals surface area contributed by atoms with Crippen LogP contribution in [0.2, 0.25) is 0 Å². The van der Waals surface area contributed by atoms with E-state index in [0.29, 0.717) is 5.41 Å². The molecule has 1 saturated heterocycles. The van der Waals surface area contributed by atoms with Crippen molar-refractivity contribution in [3.05, 3.63) is 0 Å². The van der Waals surface area contributed by atoms with E-state index < -0.39 is 0 Å². The summed E-state index contributed by atoms with van der Waals surface area (Å²) in [5, 5.41) is 3.35. The molecule has 0 bridgehead atoms. The van der Waals surface area contributed by atoms with E-state index in [9.17, 15) is 0 Å². The van der Waals surface area contributed by atoms with Crippen LogP contribution in [0.5, 0.6) is 0 Å². The van der Waals surface area contributed by atoms with Crippen LogP contribution in [0.25, 0.3) is 0 Å². The fourth-order valence-corrected chi connectivity index (χ4v) is 1.09. The summed E-state index contributed by atoms with van der Waals surface area (Å²) >= 11 is 0. The summed E-state index contributed by atoms with van der Waals surface area (Å²) in [5.74, 6) is 0. The molecule has 0 spiro atoms. The van der Waals surface area contributed by atoms with Crippen molar-refractivity contribution in [2.75, 3.05) is 6.54 Å². The first-order valence-corrected chi connectivity index (χ1v) is 3.42. The zero-order valence-corrected chi connectivity index (χ0v) is 5.99. The SMILES string of the molecule is CCC1(C)CNC1C. The summed E-state index contributed by atoms with van der Waals surface area (Å²) in [4.78, 5) is 0. The van der Waals surface area contributed by atoms with Crippen LogP contribution in [0.3, 0.4) is 0 Å². The maximum atomic E-state index is 3.35. The third-order valence-electron chi connectivity index (χ3n) is 2.67. The second-order valence-electron chi connectivity index (χ2n) is 3.11. The molecule has 1 heteroatoms. The Morgan fingerprint density at radius 3 is 2.38 bits per heavy atom. The second-order valence-corrected chi connectivity index (χ2v) is 3.11. The minimum absolute atomic E-state index is 0.611. The summed E-state index contributed by atoms with van der Waals surface area (Å²) < 4.78 is 0. The molecule has 1 heterocycles. The summed E-state index contributed by atoms with van der Waals surface area (Å²) in [6.07, 6.45) is 1.31. The minimum atomic E-state index is 0.611. The van der Waals surface area contributed by atoms with E-state index in [0.717, 1.165) is 6.04 Å². The summed E-state index contributed by atoms with van der Waals surface area (Å²) in [6, 6.07) is 0.743. The van der Waals surface area contributed by atoms with Crippen LogP contribution in [0.15, 0.2) is 0 Å². The molecule has 0 aromatic rings. The van der Waals surface area contributed by atoms with Gasteiger partial charge in [-0.1, -0.05) is 13.8 Å². The lowest BCUT2D eigenvalue weighted by Crippen LogP contribution is -2.58. The fourth-order valence-electron chi connectivity index (χ4n) is 1.09. The zero-order valence-electron chi connectivity index (χ0n) is 5.99. The van der Waals surface area contributed by atoms with Gasteiger partial charge in [0, 0.05) is 12.6 Å². The molecule has 1 aliphatic rings. The van der Waals surface area contributed by atoms with E-state index in [1.807, 2.05) is 0 Å². The highest BCUT2D eigenvalue weighted by molar-refractivity contribution is 4.94. The topological polar surface area (TPSA) is 12.0 Å². The van der Waals surface area contributed by atoms with Gasteiger partial charge in [0.25, 0.3) is 0 Å². The number of nitrogens with one attached hydrogen (secondary N) is 1. The van der Waals surface area contributed by atoms with Gasteiger partial charge < -0.3 is 5.32 Å². The third-order valence-corrected chi connectivity index (χ3v) is 2.67. The predicted octanol–water partition coefficient (Wildman–Crippen LogP) is 1.39. The quantitative estimate of drug-likeness (QED) is 0.542. The molecule has 1 fully saturated rings. The molecule has 2 atom stereocenters. The summed E-state index contributed by atoms with van der Waals surface area (Å²) in [7, 11) is 0. The maximum Gasteiger partial charge on any atom is 0.0105 e. The lowest BCUT2D eigenvalue weighted by atomic mass is 9.74. The van der Waals surface area contributed by atoms with Crippen LogP contribution in [0.1, 0.15) is 27.2 Å². The molecule has 1 nitrogen and oxygen atoms in total. The lowest BCUT2D eigenvalue weighted by molar-refractivity contribution is 0.113. The van der Waals surface area contributed by atoms with E-state index in [-0.39, 0.29) is 0 Å². The van der Waals surface area contributed by atoms with Crippen LogP contribution in [-0.2, 0) is 0 Å². The zero-order chi connectivity index (χ0) is 6.20. The molecule has 0 amide bonds. The van der Waals surface area contributed by atoms with Crippen molar-refractivity contribution >= 4 is 0 Å². The van der Waals surface area contributed by atoms with Gasteiger partial charge in [0.05, 0.1) is 0 Å². The Morgan fingerprint density at radius 2 is 2.38 bits per heavy atom. The maximum absolute atomic E-state index is 3.35. The van der Waals surface area contributed by atoms with Crippen LogP contribution >= 0.6 is 0 Å². The number of rotatable bonds is 1. The molecule has 1 rings (SSSR count). The molecule has 2 unspecified atom stereocenters. The van der Waals surface area contributed by atoms with E-state index in [1.54, 1.807) is 0 Å². The van der Waals surface area contributed by atoms with E-state index in [4.69, 9.17) is 0 Å². The third kappa shape index (κ3) is 0.655. The largest absolute Gasteiger partial charge is 0.313 e. The van der Waals surface area contributed by atoms with Crippen molar-refractivity contribution in [2.24, 2.45) is 5.41 Å². The first-order valence-electron chi connectivity index (χ1n) is 3.42. The van der Waals surface area contributed by atoms with Crippen molar-refractivity contribution in [1.29, 1.82) is 0 Å². The van der Waals surface area contributed by atoms with Crippen molar-refractivity contribution in [3.8, 4) is 0 Å². The highest BCUT2D eigenvalue weighted by atomic mass is 15.0. The summed E-state index contributed by atoms with van der Waals surface area (Å²) in [5.41, 5.74) is 0.611. The molecular weight excluding hydrogens is 98.1 g/mol. The Hall–Kier alpha value is -0.0400. The van der Waals surface area contributed by atoms with Crippen LogP contribution in [-0.4, -0.2) is 12.6 Å². The average molecular weight is 113 g/mol. The van der Waals surface area contributed by atoms with Gasteiger partial charge in [-0.15, -0.1) is 0 Å². The molecule has 0 aromatic heterocycles.